The molecule has 3 aliphatic rings. The molecular formula is C21H26N6O7. The lowest BCUT2D eigenvalue weighted by Crippen LogP contribution is -2.44. The fourth-order valence-electron chi connectivity index (χ4n) is 4.44. The van der Waals surface area contributed by atoms with E-state index in [0.29, 0.717) is 19.0 Å². The molecule has 3 fully saturated rings. The molecule has 13 nitrogen and oxygen atoms in total. The summed E-state index contributed by atoms with van der Waals surface area (Å²) >= 11 is 0. The normalized spacial score (nSPS) is 26.3. The Morgan fingerprint density at radius 3 is 2.79 bits per heavy atom. The van der Waals surface area contributed by atoms with Gasteiger partial charge >= 0.3 is 12.0 Å². The van der Waals surface area contributed by atoms with E-state index in [2.05, 4.69) is 25.7 Å². The topological polar surface area (TPSA) is 150 Å². The summed E-state index contributed by atoms with van der Waals surface area (Å²) in [6.45, 7) is 3.55. The van der Waals surface area contributed by atoms with Crippen LogP contribution in [0, 0.1) is 0 Å². The predicted octanol–water partition coefficient (Wildman–Crippen LogP) is -0.00970. The quantitative estimate of drug-likeness (QED) is 0.532. The molecule has 0 unspecified atom stereocenters. The second-order valence-electron chi connectivity index (χ2n) is 8.34. The summed E-state index contributed by atoms with van der Waals surface area (Å²) in [5, 5.41) is 23.5. The van der Waals surface area contributed by atoms with Crippen molar-refractivity contribution in [2.75, 3.05) is 44.4 Å². The number of anilines is 1. The van der Waals surface area contributed by atoms with E-state index in [1.54, 1.807) is 4.68 Å². The first-order valence-corrected chi connectivity index (χ1v) is 11.2. The molecule has 3 saturated heterocycles. The van der Waals surface area contributed by atoms with E-state index < -0.39 is 5.97 Å². The Hall–Kier alpha value is -3.29. The number of benzene rings is 1. The molecular weight excluding hydrogens is 448 g/mol. The SMILES string of the molecule is O=C(O)CCC(=O)N[C@H]1CO[C@H]2[C@@H]1OC[C@@H]2n1nnnc1Oc1cccc(N2CCOCC2)c1. The number of carbonyl (C=O) groups is 2. The second-order valence-corrected chi connectivity index (χ2v) is 8.34. The van der Waals surface area contributed by atoms with Crippen molar-refractivity contribution in [2.45, 2.75) is 37.1 Å². The summed E-state index contributed by atoms with van der Waals surface area (Å²) in [6.07, 6.45) is -1.09. The Morgan fingerprint density at radius 1 is 1.15 bits per heavy atom. The zero-order valence-electron chi connectivity index (χ0n) is 18.4. The molecule has 1 amide bonds. The van der Waals surface area contributed by atoms with Crippen LogP contribution in [0.1, 0.15) is 18.9 Å². The van der Waals surface area contributed by atoms with Gasteiger partial charge in [0.05, 0.1) is 38.9 Å². The van der Waals surface area contributed by atoms with Crippen LogP contribution in [0.15, 0.2) is 24.3 Å². The molecule has 34 heavy (non-hydrogen) atoms. The van der Waals surface area contributed by atoms with Gasteiger partial charge in [0.15, 0.2) is 0 Å². The van der Waals surface area contributed by atoms with E-state index in [9.17, 15) is 9.59 Å². The number of nitrogens with zero attached hydrogens (tertiary/aromatic N) is 5. The number of nitrogens with one attached hydrogen (secondary N) is 1. The average Bonchev–Trinajstić information content (AvgIpc) is 3.56. The maximum atomic E-state index is 12.0. The van der Waals surface area contributed by atoms with Crippen LogP contribution in [-0.4, -0.2) is 95.0 Å². The van der Waals surface area contributed by atoms with Gasteiger partial charge in [-0.15, -0.1) is 0 Å². The molecule has 4 atom stereocenters. The second kappa shape index (κ2) is 9.91. The maximum absolute atomic E-state index is 12.0. The number of carboxylic acids is 1. The van der Waals surface area contributed by atoms with E-state index in [1.807, 2.05) is 24.3 Å². The van der Waals surface area contributed by atoms with Crippen molar-refractivity contribution in [3.05, 3.63) is 24.3 Å². The van der Waals surface area contributed by atoms with Crippen molar-refractivity contribution in [3.63, 3.8) is 0 Å². The average molecular weight is 474 g/mol. The van der Waals surface area contributed by atoms with Gasteiger partial charge in [0.1, 0.15) is 24.0 Å². The van der Waals surface area contributed by atoms with Crippen LogP contribution >= 0.6 is 0 Å². The number of fused-ring (bicyclic) bond motifs is 1. The van der Waals surface area contributed by atoms with Gasteiger partial charge in [0.2, 0.25) is 5.91 Å². The zero-order chi connectivity index (χ0) is 23.5. The summed E-state index contributed by atoms with van der Waals surface area (Å²) in [4.78, 5) is 25.0. The highest BCUT2D eigenvalue weighted by molar-refractivity contribution is 5.80. The molecule has 1 aromatic carbocycles. The number of ether oxygens (including phenoxy) is 4. The predicted molar refractivity (Wildman–Crippen MR) is 115 cm³/mol. The van der Waals surface area contributed by atoms with E-state index in [1.165, 1.54) is 0 Å². The lowest BCUT2D eigenvalue weighted by atomic mass is 10.1. The molecule has 0 saturated carbocycles. The molecule has 0 radical (unpaired) electrons. The highest BCUT2D eigenvalue weighted by Gasteiger charge is 2.50. The van der Waals surface area contributed by atoms with Crippen LogP contribution in [0.4, 0.5) is 5.69 Å². The Morgan fingerprint density at radius 2 is 1.97 bits per heavy atom. The number of carboxylic acid groups (broad SMARTS) is 1. The Labute approximate surface area is 194 Å². The maximum Gasteiger partial charge on any atom is 0.341 e. The largest absolute Gasteiger partial charge is 0.481 e. The molecule has 2 N–H and O–H groups in total. The van der Waals surface area contributed by atoms with Gasteiger partial charge in [0, 0.05) is 31.3 Å². The molecule has 0 bridgehead atoms. The number of hydrogen-bond donors (Lipinski definition) is 2. The number of rotatable bonds is 8. The fraction of sp³-hybridized carbons (Fsp3) is 0.571. The number of aromatic nitrogens is 4. The first-order valence-electron chi connectivity index (χ1n) is 11.2. The standard InChI is InChI=1S/C21H26N6O7/c28-17(4-5-18(29)30)22-15-11-32-20-16(12-33-19(15)20)27-21(23-24-25-27)34-14-3-1-2-13(10-14)26-6-8-31-9-7-26/h1-3,10,15-16,19-20H,4-9,11-12H2,(H,22,28)(H,29,30)/t15-,16-,19+,20+/m0/s1. The van der Waals surface area contributed by atoms with Gasteiger partial charge in [-0.1, -0.05) is 11.2 Å². The highest BCUT2D eigenvalue weighted by Crippen LogP contribution is 2.36. The van der Waals surface area contributed by atoms with Crippen molar-refractivity contribution in [1.82, 2.24) is 25.5 Å². The lowest BCUT2D eigenvalue weighted by Gasteiger charge is -2.29. The summed E-state index contributed by atoms with van der Waals surface area (Å²) in [5.41, 5.74) is 1.03. The van der Waals surface area contributed by atoms with Crippen LogP contribution < -0.4 is 15.0 Å². The van der Waals surface area contributed by atoms with Gasteiger partial charge in [-0.05, 0) is 22.6 Å². The molecule has 13 heteroatoms. The van der Waals surface area contributed by atoms with Gasteiger partial charge in [-0.25, -0.2) is 0 Å². The van der Waals surface area contributed by atoms with Crippen molar-refractivity contribution in [1.29, 1.82) is 0 Å². The van der Waals surface area contributed by atoms with Crippen molar-refractivity contribution < 1.29 is 33.6 Å². The minimum atomic E-state index is -1.02. The smallest absolute Gasteiger partial charge is 0.341 e. The summed E-state index contributed by atoms with van der Waals surface area (Å²) in [6, 6.07) is 7.22. The third kappa shape index (κ3) is 4.81. The van der Waals surface area contributed by atoms with Gasteiger partial charge < -0.3 is 34.3 Å². The third-order valence-corrected chi connectivity index (χ3v) is 6.12. The number of carbonyl (C=O) groups excluding carboxylic acids is 1. The Balaban J connectivity index is 1.24. The minimum absolute atomic E-state index is 0.0961. The first-order chi connectivity index (χ1) is 16.6. The first kappa shape index (κ1) is 22.5. The van der Waals surface area contributed by atoms with E-state index in [4.69, 9.17) is 24.1 Å². The number of hydrogen-bond acceptors (Lipinski definition) is 10. The Kier molecular flexibility index (Phi) is 6.56. The number of morpholine rings is 1. The number of amides is 1. The van der Waals surface area contributed by atoms with Crippen molar-refractivity contribution >= 4 is 17.6 Å². The highest BCUT2D eigenvalue weighted by atomic mass is 16.6. The van der Waals surface area contributed by atoms with E-state index in [-0.39, 0.29) is 62.3 Å². The van der Waals surface area contributed by atoms with Crippen LogP contribution in [0.3, 0.4) is 0 Å². The number of tetrazole rings is 1. The van der Waals surface area contributed by atoms with Gasteiger partial charge in [0.25, 0.3) is 0 Å². The van der Waals surface area contributed by atoms with Crippen molar-refractivity contribution in [2.24, 2.45) is 0 Å². The lowest BCUT2D eigenvalue weighted by molar-refractivity contribution is -0.139. The molecule has 182 valence electrons. The molecule has 3 aliphatic heterocycles. The van der Waals surface area contributed by atoms with Crippen LogP contribution in [0.5, 0.6) is 11.8 Å². The van der Waals surface area contributed by atoms with E-state index >= 15 is 0 Å². The summed E-state index contributed by atoms with van der Waals surface area (Å²) in [5.74, 6) is -0.767. The van der Waals surface area contributed by atoms with Crippen LogP contribution in [-0.2, 0) is 23.8 Å². The monoisotopic (exact) mass is 474 g/mol. The van der Waals surface area contributed by atoms with Gasteiger partial charge in [-0.2, -0.15) is 4.68 Å². The van der Waals surface area contributed by atoms with Crippen LogP contribution in [0.25, 0.3) is 0 Å². The molecule has 2 aromatic rings. The molecule has 1 aromatic heterocycles. The fourth-order valence-corrected chi connectivity index (χ4v) is 4.44. The summed E-state index contributed by atoms with van der Waals surface area (Å²) < 4.78 is 24.8. The van der Waals surface area contributed by atoms with Gasteiger partial charge in [-0.3, -0.25) is 9.59 Å². The molecule has 5 rings (SSSR count). The zero-order valence-corrected chi connectivity index (χ0v) is 18.4. The molecule has 0 spiro atoms. The third-order valence-electron chi connectivity index (χ3n) is 6.12. The molecule has 4 heterocycles. The Bertz CT molecular complexity index is 1030. The minimum Gasteiger partial charge on any atom is -0.481 e. The molecule has 0 aliphatic carbocycles. The van der Waals surface area contributed by atoms with Crippen LogP contribution in [0.2, 0.25) is 0 Å². The van der Waals surface area contributed by atoms with E-state index in [0.717, 1.165) is 18.8 Å². The summed E-state index contributed by atoms with van der Waals surface area (Å²) in [7, 11) is 0. The number of aliphatic carboxylic acids is 1. The van der Waals surface area contributed by atoms with Crippen molar-refractivity contribution in [3.8, 4) is 11.8 Å².